The molecular formula is C13H22ClN3O. The smallest absolute Gasteiger partial charge is 0.218 e. The van der Waals surface area contributed by atoms with Crippen molar-refractivity contribution in [3.8, 4) is 5.88 Å². The maximum atomic E-state index is 5.65. The van der Waals surface area contributed by atoms with Crippen LogP contribution in [0.4, 0.5) is 5.82 Å². The summed E-state index contributed by atoms with van der Waals surface area (Å²) in [5.41, 5.74) is 0. The molecule has 0 bridgehead atoms. The van der Waals surface area contributed by atoms with Crippen LogP contribution in [0.2, 0.25) is 0 Å². The highest BCUT2D eigenvalue weighted by molar-refractivity contribution is 6.17. The second kappa shape index (κ2) is 8.14. The van der Waals surface area contributed by atoms with Crippen molar-refractivity contribution in [2.24, 2.45) is 0 Å². The Morgan fingerprint density at radius 1 is 1.28 bits per heavy atom. The third kappa shape index (κ3) is 5.54. The summed E-state index contributed by atoms with van der Waals surface area (Å²) in [5.74, 6) is 2.26. The number of halogens is 1. The van der Waals surface area contributed by atoms with Gasteiger partial charge in [0.1, 0.15) is 12.1 Å². The Labute approximate surface area is 114 Å². The molecule has 1 rings (SSSR count). The van der Waals surface area contributed by atoms with E-state index in [0.717, 1.165) is 37.5 Å². The SMILES string of the molecule is CC(C)Oc1cc(N(C)CCCCCCl)ncn1. The van der Waals surface area contributed by atoms with Gasteiger partial charge in [-0.15, -0.1) is 11.6 Å². The van der Waals surface area contributed by atoms with Crippen molar-refractivity contribution < 1.29 is 4.74 Å². The Balaban J connectivity index is 2.48. The first kappa shape index (κ1) is 15.0. The Hall–Kier alpha value is -1.03. The fraction of sp³-hybridized carbons (Fsp3) is 0.692. The number of aromatic nitrogens is 2. The van der Waals surface area contributed by atoms with Crippen molar-refractivity contribution in [2.75, 3.05) is 24.4 Å². The van der Waals surface area contributed by atoms with Crippen LogP contribution in [0.5, 0.6) is 5.88 Å². The molecule has 0 radical (unpaired) electrons. The lowest BCUT2D eigenvalue weighted by atomic mass is 10.2. The fourth-order valence-corrected chi connectivity index (χ4v) is 1.77. The highest BCUT2D eigenvalue weighted by atomic mass is 35.5. The maximum absolute atomic E-state index is 5.65. The van der Waals surface area contributed by atoms with Crippen LogP contribution in [0.3, 0.4) is 0 Å². The van der Waals surface area contributed by atoms with Crippen LogP contribution in [0.1, 0.15) is 33.1 Å². The lowest BCUT2D eigenvalue weighted by Crippen LogP contribution is -2.20. The fourth-order valence-electron chi connectivity index (χ4n) is 1.58. The molecule has 0 saturated heterocycles. The summed E-state index contributed by atoms with van der Waals surface area (Å²) in [7, 11) is 2.03. The Bertz CT molecular complexity index is 347. The second-order valence-electron chi connectivity index (χ2n) is 4.55. The van der Waals surface area contributed by atoms with E-state index in [1.54, 1.807) is 6.33 Å². The van der Waals surface area contributed by atoms with Crippen LogP contribution >= 0.6 is 11.6 Å². The molecule has 0 aliphatic carbocycles. The van der Waals surface area contributed by atoms with Gasteiger partial charge in [0.2, 0.25) is 5.88 Å². The monoisotopic (exact) mass is 271 g/mol. The summed E-state index contributed by atoms with van der Waals surface area (Å²) >= 11 is 5.65. The minimum Gasteiger partial charge on any atom is -0.475 e. The molecule has 18 heavy (non-hydrogen) atoms. The van der Waals surface area contributed by atoms with Gasteiger partial charge in [-0.2, -0.15) is 0 Å². The van der Waals surface area contributed by atoms with Gasteiger partial charge in [0, 0.05) is 25.5 Å². The molecule has 0 atom stereocenters. The van der Waals surface area contributed by atoms with Gasteiger partial charge in [-0.05, 0) is 26.7 Å². The average molecular weight is 272 g/mol. The predicted octanol–water partition coefficient (Wildman–Crippen LogP) is 3.11. The lowest BCUT2D eigenvalue weighted by Gasteiger charge is -2.18. The van der Waals surface area contributed by atoms with E-state index in [-0.39, 0.29) is 6.10 Å². The van der Waals surface area contributed by atoms with E-state index in [2.05, 4.69) is 14.9 Å². The molecular weight excluding hydrogens is 250 g/mol. The Kier molecular flexibility index (Phi) is 6.80. The average Bonchev–Trinajstić information content (AvgIpc) is 2.34. The zero-order valence-electron chi connectivity index (χ0n) is 11.4. The zero-order valence-corrected chi connectivity index (χ0v) is 12.2. The molecule has 0 spiro atoms. The number of hydrogen-bond donors (Lipinski definition) is 0. The minimum absolute atomic E-state index is 0.127. The third-order valence-corrected chi connectivity index (χ3v) is 2.77. The van der Waals surface area contributed by atoms with E-state index < -0.39 is 0 Å². The normalized spacial score (nSPS) is 10.7. The van der Waals surface area contributed by atoms with Crippen LogP contribution in [0, 0.1) is 0 Å². The lowest BCUT2D eigenvalue weighted by molar-refractivity contribution is 0.232. The van der Waals surface area contributed by atoms with E-state index in [1.807, 2.05) is 27.0 Å². The molecule has 0 aliphatic heterocycles. The van der Waals surface area contributed by atoms with Gasteiger partial charge >= 0.3 is 0 Å². The topological polar surface area (TPSA) is 38.2 Å². The summed E-state index contributed by atoms with van der Waals surface area (Å²) in [6, 6.07) is 1.88. The van der Waals surface area contributed by atoms with E-state index in [0.29, 0.717) is 5.88 Å². The number of alkyl halides is 1. The number of ether oxygens (including phenoxy) is 1. The van der Waals surface area contributed by atoms with E-state index >= 15 is 0 Å². The minimum atomic E-state index is 0.127. The van der Waals surface area contributed by atoms with Crippen LogP contribution in [0.25, 0.3) is 0 Å². The molecule has 4 nitrogen and oxygen atoms in total. The largest absolute Gasteiger partial charge is 0.475 e. The molecule has 0 N–H and O–H groups in total. The molecule has 0 fully saturated rings. The first-order chi connectivity index (χ1) is 8.63. The zero-order chi connectivity index (χ0) is 13.4. The van der Waals surface area contributed by atoms with Crippen LogP contribution in [-0.2, 0) is 0 Å². The standard InChI is InChI=1S/C13H22ClN3O/c1-11(2)18-13-9-12(15-10-16-13)17(3)8-6-4-5-7-14/h9-11H,4-8H2,1-3H3. The van der Waals surface area contributed by atoms with Gasteiger partial charge in [-0.3, -0.25) is 0 Å². The third-order valence-electron chi connectivity index (χ3n) is 2.50. The first-order valence-electron chi connectivity index (χ1n) is 6.39. The molecule has 0 unspecified atom stereocenters. The first-order valence-corrected chi connectivity index (χ1v) is 6.92. The molecule has 0 aromatic carbocycles. The number of anilines is 1. The van der Waals surface area contributed by atoms with Crippen LogP contribution in [0.15, 0.2) is 12.4 Å². The van der Waals surface area contributed by atoms with Crippen molar-refractivity contribution in [1.82, 2.24) is 9.97 Å². The highest BCUT2D eigenvalue weighted by Gasteiger charge is 2.06. The highest BCUT2D eigenvalue weighted by Crippen LogP contribution is 2.16. The van der Waals surface area contributed by atoms with Crippen molar-refractivity contribution in [3.05, 3.63) is 12.4 Å². The summed E-state index contributed by atoms with van der Waals surface area (Å²) in [4.78, 5) is 10.5. The maximum Gasteiger partial charge on any atom is 0.218 e. The number of unbranched alkanes of at least 4 members (excludes halogenated alkanes) is 2. The predicted molar refractivity (Wildman–Crippen MR) is 75.6 cm³/mol. The van der Waals surface area contributed by atoms with Crippen molar-refractivity contribution in [2.45, 2.75) is 39.2 Å². The van der Waals surface area contributed by atoms with E-state index in [4.69, 9.17) is 16.3 Å². The Morgan fingerprint density at radius 3 is 2.72 bits per heavy atom. The van der Waals surface area contributed by atoms with Gasteiger partial charge in [-0.25, -0.2) is 9.97 Å². The second-order valence-corrected chi connectivity index (χ2v) is 4.93. The summed E-state index contributed by atoms with van der Waals surface area (Å²) in [6.45, 7) is 4.93. The molecule has 1 aromatic rings. The van der Waals surface area contributed by atoms with Gasteiger partial charge in [0.05, 0.1) is 6.10 Å². The number of rotatable bonds is 8. The molecule has 102 valence electrons. The van der Waals surface area contributed by atoms with Crippen LogP contribution in [-0.4, -0.2) is 35.5 Å². The number of hydrogen-bond acceptors (Lipinski definition) is 4. The molecule has 0 aliphatic rings. The summed E-state index contributed by atoms with van der Waals surface area (Å²) in [5, 5.41) is 0. The van der Waals surface area contributed by atoms with Crippen molar-refractivity contribution >= 4 is 17.4 Å². The van der Waals surface area contributed by atoms with Crippen molar-refractivity contribution in [3.63, 3.8) is 0 Å². The number of nitrogens with zero attached hydrogens (tertiary/aromatic N) is 3. The van der Waals surface area contributed by atoms with E-state index in [9.17, 15) is 0 Å². The molecule has 0 amide bonds. The Morgan fingerprint density at radius 2 is 2.06 bits per heavy atom. The molecule has 5 heteroatoms. The quantitative estimate of drug-likeness (QED) is 0.538. The molecule has 1 aromatic heterocycles. The molecule has 0 saturated carbocycles. The summed E-state index contributed by atoms with van der Waals surface area (Å²) < 4.78 is 5.55. The van der Waals surface area contributed by atoms with Crippen molar-refractivity contribution in [1.29, 1.82) is 0 Å². The summed E-state index contributed by atoms with van der Waals surface area (Å²) in [6.07, 6.45) is 5.01. The van der Waals surface area contributed by atoms with Gasteiger partial charge < -0.3 is 9.64 Å². The van der Waals surface area contributed by atoms with Gasteiger partial charge in [0.25, 0.3) is 0 Å². The van der Waals surface area contributed by atoms with Gasteiger partial charge in [0.15, 0.2) is 0 Å². The van der Waals surface area contributed by atoms with Gasteiger partial charge in [-0.1, -0.05) is 6.42 Å². The molecule has 1 heterocycles. The van der Waals surface area contributed by atoms with E-state index in [1.165, 1.54) is 0 Å². The van der Waals surface area contributed by atoms with Crippen LogP contribution < -0.4 is 9.64 Å².